The molecule has 120 valence electrons. The Morgan fingerprint density at radius 1 is 1.23 bits per heavy atom. The minimum Gasteiger partial charge on any atom is -0.481 e. The third-order valence-corrected chi connectivity index (χ3v) is 4.66. The van der Waals surface area contributed by atoms with Crippen LogP contribution in [0.5, 0.6) is 0 Å². The summed E-state index contributed by atoms with van der Waals surface area (Å²) in [5.74, 6) is -1.22. The van der Waals surface area contributed by atoms with E-state index in [1.807, 2.05) is 0 Å². The van der Waals surface area contributed by atoms with Crippen LogP contribution in [-0.4, -0.2) is 42.9 Å². The van der Waals surface area contributed by atoms with Gasteiger partial charge in [-0.3, -0.25) is 9.59 Å². The molecule has 0 aliphatic carbocycles. The monoisotopic (exact) mass is 326 g/mol. The fraction of sp³-hybridized carbons (Fsp3) is 0.429. The zero-order valence-electron chi connectivity index (χ0n) is 11.9. The van der Waals surface area contributed by atoms with E-state index in [0.717, 1.165) is 12.8 Å². The van der Waals surface area contributed by atoms with E-state index in [1.165, 1.54) is 24.3 Å². The molecule has 1 aliphatic rings. The van der Waals surface area contributed by atoms with Gasteiger partial charge in [0.1, 0.15) is 0 Å². The number of hydrogen-bond donors (Lipinski definition) is 2. The standard InChI is InChI=1S/C14H18N2O5S/c15-22(20,21)12-6-4-10(5-7-12)14(19)16-8-2-1-3-11(16)9-13(17)18/h4-7,11H,1-3,8-9H2,(H,17,18)(H2,15,20,21)/t11-/m1/s1. The number of nitrogens with two attached hydrogens (primary N) is 1. The molecule has 1 saturated heterocycles. The lowest BCUT2D eigenvalue weighted by Crippen LogP contribution is -2.44. The number of carbonyl (C=O) groups excluding carboxylic acids is 1. The van der Waals surface area contributed by atoms with Crippen LogP contribution >= 0.6 is 0 Å². The summed E-state index contributed by atoms with van der Waals surface area (Å²) in [5.41, 5.74) is 0.324. The second kappa shape index (κ2) is 6.45. The van der Waals surface area contributed by atoms with E-state index in [0.29, 0.717) is 18.5 Å². The number of carboxylic acids is 1. The van der Waals surface area contributed by atoms with Gasteiger partial charge in [0.25, 0.3) is 5.91 Å². The number of benzene rings is 1. The summed E-state index contributed by atoms with van der Waals surface area (Å²) in [6.45, 7) is 0.508. The number of likely N-dealkylation sites (tertiary alicyclic amines) is 1. The highest BCUT2D eigenvalue weighted by molar-refractivity contribution is 7.89. The van der Waals surface area contributed by atoms with Crippen LogP contribution in [0, 0.1) is 0 Å². The Balaban J connectivity index is 2.20. The summed E-state index contributed by atoms with van der Waals surface area (Å²) < 4.78 is 22.4. The summed E-state index contributed by atoms with van der Waals surface area (Å²) in [6, 6.07) is 5.03. The molecule has 1 amide bonds. The van der Waals surface area contributed by atoms with Crippen molar-refractivity contribution in [2.75, 3.05) is 6.54 Å². The highest BCUT2D eigenvalue weighted by atomic mass is 32.2. The van der Waals surface area contributed by atoms with E-state index < -0.39 is 16.0 Å². The van der Waals surface area contributed by atoms with Gasteiger partial charge in [0.2, 0.25) is 10.0 Å². The van der Waals surface area contributed by atoms with Gasteiger partial charge in [-0.15, -0.1) is 0 Å². The van der Waals surface area contributed by atoms with Crippen molar-refractivity contribution in [2.45, 2.75) is 36.6 Å². The van der Waals surface area contributed by atoms with Gasteiger partial charge in [-0.1, -0.05) is 0 Å². The molecule has 1 atom stereocenters. The molecule has 1 heterocycles. The molecule has 0 bridgehead atoms. The van der Waals surface area contributed by atoms with Crippen LogP contribution in [0.15, 0.2) is 29.2 Å². The Morgan fingerprint density at radius 2 is 1.86 bits per heavy atom. The molecule has 1 aliphatic heterocycles. The lowest BCUT2D eigenvalue weighted by Gasteiger charge is -2.35. The SMILES string of the molecule is NS(=O)(=O)c1ccc(C(=O)N2CCCC[C@@H]2CC(=O)O)cc1. The van der Waals surface area contributed by atoms with Gasteiger partial charge in [-0.2, -0.15) is 0 Å². The molecule has 0 spiro atoms. The Bertz CT molecular complexity index is 669. The molecule has 2 rings (SSSR count). The first-order valence-corrected chi connectivity index (χ1v) is 8.49. The average molecular weight is 326 g/mol. The van der Waals surface area contributed by atoms with Gasteiger partial charge in [-0.25, -0.2) is 13.6 Å². The molecule has 1 aromatic rings. The van der Waals surface area contributed by atoms with Crippen LogP contribution in [0.3, 0.4) is 0 Å². The van der Waals surface area contributed by atoms with Crippen molar-refractivity contribution in [1.82, 2.24) is 4.90 Å². The van der Waals surface area contributed by atoms with Gasteiger partial charge >= 0.3 is 5.97 Å². The number of carboxylic acid groups (broad SMARTS) is 1. The first-order chi connectivity index (χ1) is 10.3. The molecule has 8 heteroatoms. The van der Waals surface area contributed by atoms with Crippen molar-refractivity contribution in [1.29, 1.82) is 0 Å². The minimum atomic E-state index is -3.80. The summed E-state index contributed by atoms with van der Waals surface area (Å²) in [4.78, 5) is 24.9. The van der Waals surface area contributed by atoms with Crippen molar-refractivity contribution in [3.8, 4) is 0 Å². The molecule has 1 aromatic carbocycles. The highest BCUT2D eigenvalue weighted by Crippen LogP contribution is 2.22. The molecule has 7 nitrogen and oxygen atoms in total. The summed E-state index contributed by atoms with van der Waals surface area (Å²) in [5, 5.41) is 14.0. The maximum Gasteiger partial charge on any atom is 0.305 e. The predicted molar refractivity (Wildman–Crippen MR) is 78.7 cm³/mol. The molecule has 22 heavy (non-hydrogen) atoms. The fourth-order valence-corrected chi connectivity index (χ4v) is 3.15. The first kappa shape index (κ1) is 16.4. The molecule has 0 radical (unpaired) electrons. The Hall–Kier alpha value is -1.93. The number of nitrogens with zero attached hydrogens (tertiary/aromatic N) is 1. The number of sulfonamides is 1. The van der Waals surface area contributed by atoms with Crippen LogP contribution in [0.1, 0.15) is 36.0 Å². The van der Waals surface area contributed by atoms with Gasteiger partial charge in [0.15, 0.2) is 0 Å². The van der Waals surface area contributed by atoms with Crippen molar-refractivity contribution in [3.05, 3.63) is 29.8 Å². The number of piperidine rings is 1. The van der Waals surface area contributed by atoms with Crippen LogP contribution in [-0.2, 0) is 14.8 Å². The third-order valence-electron chi connectivity index (χ3n) is 3.73. The van der Waals surface area contributed by atoms with E-state index in [9.17, 15) is 18.0 Å². The maximum absolute atomic E-state index is 12.5. The Morgan fingerprint density at radius 3 is 2.41 bits per heavy atom. The lowest BCUT2D eigenvalue weighted by atomic mass is 9.98. The minimum absolute atomic E-state index is 0.0650. The number of hydrogen-bond acceptors (Lipinski definition) is 4. The van der Waals surface area contributed by atoms with E-state index in [-0.39, 0.29) is 23.3 Å². The zero-order chi connectivity index (χ0) is 16.3. The zero-order valence-corrected chi connectivity index (χ0v) is 12.8. The number of carbonyl (C=O) groups is 2. The van der Waals surface area contributed by atoms with Crippen molar-refractivity contribution >= 4 is 21.9 Å². The molecule has 3 N–H and O–H groups in total. The van der Waals surface area contributed by atoms with E-state index in [4.69, 9.17) is 10.2 Å². The maximum atomic E-state index is 12.5. The molecule has 0 aromatic heterocycles. The predicted octanol–water partition coefficient (Wildman–Crippen LogP) is 0.803. The number of aliphatic carboxylic acids is 1. The Labute approximate surface area is 128 Å². The Kier molecular flexibility index (Phi) is 4.82. The van der Waals surface area contributed by atoms with Gasteiger partial charge in [0.05, 0.1) is 11.3 Å². The lowest BCUT2D eigenvalue weighted by molar-refractivity contribution is -0.138. The molecule has 0 unspecified atom stereocenters. The highest BCUT2D eigenvalue weighted by Gasteiger charge is 2.29. The quantitative estimate of drug-likeness (QED) is 0.848. The van der Waals surface area contributed by atoms with Crippen LogP contribution in [0.2, 0.25) is 0 Å². The number of amides is 1. The summed E-state index contributed by atoms with van der Waals surface area (Å²) in [7, 11) is -3.80. The molecular formula is C14H18N2O5S. The number of rotatable bonds is 4. The molecular weight excluding hydrogens is 308 g/mol. The van der Waals surface area contributed by atoms with Crippen molar-refractivity contribution in [2.24, 2.45) is 5.14 Å². The van der Waals surface area contributed by atoms with Crippen LogP contribution in [0.25, 0.3) is 0 Å². The smallest absolute Gasteiger partial charge is 0.305 e. The van der Waals surface area contributed by atoms with E-state index in [2.05, 4.69) is 0 Å². The van der Waals surface area contributed by atoms with Gasteiger partial charge in [-0.05, 0) is 43.5 Å². The first-order valence-electron chi connectivity index (χ1n) is 6.94. The second-order valence-electron chi connectivity index (χ2n) is 5.32. The van der Waals surface area contributed by atoms with E-state index in [1.54, 1.807) is 4.90 Å². The normalized spacial score (nSPS) is 19.0. The number of primary sulfonamides is 1. The van der Waals surface area contributed by atoms with E-state index >= 15 is 0 Å². The fourth-order valence-electron chi connectivity index (χ4n) is 2.63. The molecule has 1 fully saturated rings. The van der Waals surface area contributed by atoms with Crippen molar-refractivity contribution in [3.63, 3.8) is 0 Å². The van der Waals surface area contributed by atoms with Gasteiger partial charge in [0, 0.05) is 18.2 Å². The third kappa shape index (κ3) is 3.83. The van der Waals surface area contributed by atoms with Crippen molar-refractivity contribution < 1.29 is 23.1 Å². The van der Waals surface area contributed by atoms with Crippen LogP contribution < -0.4 is 5.14 Å². The van der Waals surface area contributed by atoms with Gasteiger partial charge < -0.3 is 10.0 Å². The summed E-state index contributed by atoms with van der Waals surface area (Å²) in [6.07, 6.45) is 2.30. The molecule has 0 saturated carbocycles. The second-order valence-corrected chi connectivity index (χ2v) is 6.88. The summed E-state index contributed by atoms with van der Waals surface area (Å²) >= 11 is 0. The largest absolute Gasteiger partial charge is 0.481 e. The van der Waals surface area contributed by atoms with Crippen LogP contribution in [0.4, 0.5) is 0 Å². The topological polar surface area (TPSA) is 118 Å². The average Bonchev–Trinajstić information content (AvgIpc) is 2.46.